The van der Waals surface area contributed by atoms with Crippen molar-refractivity contribution in [2.45, 2.75) is 51.7 Å². The standard InChI is InChI=1S/C24H24F4N6O2/c1-13-10-17(25)16(11-19(13)31-22(35)15-6-3-4-7-15)23(36)32-20-9-5-8-18(30-20)21-33-29-12-34(21)14(2)24(26,27)28/h5,8-12,14-15H,3-4,6-7H2,1-2H3,(H,31,35)(H,30,32,36)/t14-/m0/s1. The number of hydrogen-bond donors (Lipinski definition) is 2. The molecule has 0 radical (unpaired) electrons. The lowest BCUT2D eigenvalue weighted by Gasteiger charge is -2.18. The summed E-state index contributed by atoms with van der Waals surface area (Å²) >= 11 is 0. The van der Waals surface area contributed by atoms with Gasteiger partial charge in [-0.15, -0.1) is 10.2 Å². The lowest BCUT2D eigenvalue weighted by molar-refractivity contribution is -0.162. The predicted octanol–water partition coefficient (Wildman–Crippen LogP) is 5.29. The molecule has 0 aliphatic heterocycles. The zero-order valence-electron chi connectivity index (χ0n) is 19.6. The first-order valence-electron chi connectivity index (χ1n) is 11.4. The molecule has 3 aromatic rings. The molecule has 8 nitrogen and oxygen atoms in total. The second-order valence-electron chi connectivity index (χ2n) is 8.76. The van der Waals surface area contributed by atoms with Crippen LogP contribution in [0.5, 0.6) is 0 Å². The van der Waals surface area contributed by atoms with Crippen LogP contribution in [0, 0.1) is 18.7 Å². The Labute approximate surface area is 204 Å². The Kier molecular flexibility index (Phi) is 7.04. The number of alkyl halides is 3. The molecule has 190 valence electrons. The quantitative estimate of drug-likeness (QED) is 0.444. The highest BCUT2D eigenvalue weighted by molar-refractivity contribution is 6.05. The van der Waals surface area contributed by atoms with Gasteiger partial charge in [-0.1, -0.05) is 18.9 Å². The van der Waals surface area contributed by atoms with E-state index in [4.69, 9.17) is 0 Å². The second-order valence-corrected chi connectivity index (χ2v) is 8.76. The lowest BCUT2D eigenvalue weighted by atomic mass is 10.1. The fourth-order valence-electron chi connectivity index (χ4n) is 4.08. The van der Waals surface area contributed by atoms with Crippen LogP contribution in [0.1, 0.15) is 54.6 Å². The summed E-state index contributed by atoms with van der Waals surface area (Å²) in [5.74, 6) is -2.07. The maximum Gasteiger partial charge on any atom is 0.408 e. The fraction of sp³-hybridized carbons (Fsp3) is 0.375. The first kappa shape index (κ1) is 25.3. The van der Waals surface area contributed by atoms with Crippen LogP contribution >= 0.6 is 0 Å². The summed E-state index contributed by atoms with van der Waals surface area (Å²) < 4.78 is 55.1. The summed E-state index contributed by atoms with van der Waals surface area (Å²) in [4.78, 5) is 29.5. The Morgan fingerprint density at radius 1 is 1.14 bits per heavy atom. The van der Waals surface area contributed by atoms with Crippen molar-refractivity contribution in [2.24, 2.45) is 5.92 Å². The van der Waals surface area contributed by atoms with Crippen molar-refractivity contribution in [2.75, 3.05) is 10.6 Å². The van der Waals surface area contributed by atoms with Gasteiger partial charge in [0.2, 0.25) is 5.91 Å². The molecular formula is C24H24F4N6O2. The van der Waals surface area contributed by atoms with Crippen molar-refractivity contribution in [3.05, 3.63) is 53.6 Å². The third-order valence-corrected chi connectivity index (χ3v) is 6.23. The number of carbonyl (C=O) groups is 2. The molecule has 1 aliphatic rings. The van der Waals surface area contributed by atoms with Crippen molar-refractivity contribution in [3.63, 3.8) is 0 Å². The molecule has 0 bridgehead atoms. The Morgan fingerprint density at radius 2 is 1.86 bits per heavy atom. The van der Waals surface area contributed by atoms with Crippen molar-refractivity contribution in [1.29, 1.82) is 0 Å². The van der Waals surface area contributed by atoms with Crippen molar-refractivity contribution < 1.29 is 27.2 Å². The summed E-state index contributed by atoms with van der Waals surface area (Å²) in [7, 11) is 0. The van der Waals surface area contributed by atoms with E-state index >= 15 is 0 Å². The summed E-state index contributed by atoms with van der Waals surface area (Å²) in [6.45, 7) is 2.58. The third-order valence-electron chi connectivity index (χ3n) is 6.23. The van der Waals surface area contributed by atoms with Gasteiger partial charge in [0.1, 0.15) is 29.7 Å². The summed E-state index contributed by atoms with van der Waals surface area (Å²) in [6, 6.07) is 4.81. The number of nitrogens with zero attached hydrogens (tertiary/aromatic N) is 4. The van der Waals surface area contributed by atoms with Gasteiger partial charge in [-0.25, -0.2) is 9.37 Å². The smallest absolute Gasteiger partial charge is 0.326 e. The number of nitrogens with one attached hydrogen (secondary N) is 2. The molecule has 4 rings (SSSR count). The Balaban J connectivity index is 1.55. The zero-order valence-corrected chi connectivity index (χ0v) is 19.6. The molecule has 2 N–H and O–H groups in total. The highest BCUT2D eigenvalue weighted by Crippen LogP contribution is 2.33. The van der Waals surface area contributed by atoms with Crippen LogP contribution in [0.2, 0.25) is 0 Å². The van der Waals surface area contributed by atoms with Crippen molar-refractivity contribution in [1.82, 2.24) is 19.7 Å². The normalized spacial score (nSPS) is 15.1. The Morgan fingerprint density at radius 3 is 2.56 bits per heavy atom. The molecule has 1 aromatic carbocycles. The molecule has 1 atom stereocenters. The monoisotopic (exact) mass is 504 g/mol. The van der Waals surface area contributed by atoms with E-state index in [1.165, 1.54) is 24.3 Å². The Hall–Kier alpha value is -3.83. The van der Waals surface area contributed by atoms with E-state index < -0.39 is 23.9 Å². The van der Waals surface area contributed by atoms with Gasteiger partial charge in [0, 0.05) is 11.6 Å². The number of benzene rings is 1. The van der Waals surface area contributed by atoms with E-state index in [1.54, 1.807) is 6.92 Å². The van der Waals surface area contributed by atoms with Crippen LogP contribution in [0.4, 0.5) is 29.1 Å². The SMILES string of the molecule is Cc1cc(F)c(C(=O)Nc2cccc(-c3nncn3[C@@H](C)C(F)(F)F)n2)cc1NC(=O)C1CCCC1. The summed E-state index contributed by atoms with van der Waals surface area (Å²) in [6.07, 6.45) is -0.0501. The minimum Gasteiger partial charge on any atom is -0.326 e. The van der Waals surface area contributed by atoms with Crippen LogP contribution in [0.25, 0.3) is 11.5 Å². The maximum absolute atomic E-state index is 14.7. The second kappa shape index (κ2) is 10.0. The molecule has 1 aliphatic carbocycles. The van der Waals surface area contributed by atoms with Crippen LogP contribution in [0.15, 0.2) is 36.7 Å². The number of hydrogen-bond acceptors (Lipinski definition) is 5. The summed E-state index contributed by atoms with van der Waals surface area (Å²) in [5.41, 5.74) is 0.515. The molecule has 0 saturated heterocycles. The van der Waals surface area contributed by atoms with E-state index in [0.717, 1.165) is 49.6 Å². The number of pyridine rings is 1. The molecular weight excluding hydrogens is 480 g/mol. The van der Waals surface area contributed by atoms with Gasteiger partial charge < -0.3 is 15.2 Å². The predicted molar refractivity (Wildman–Crippen MR) is 124 cm³/mol. The minimum absolute atomic E-state index is 0.0248. The zero-order chi connectivity index (χ0) is 26.0. The highest BCUT2D eigenvalue weighted by Gasteiger charge is 2.38. The van der Waals surface area contributed by atoms with Gasteiger partial charge in [0.05, 0.1) is 5.56 Å². The van der Waals surface area contributed by atoms with Gasteiger partial charge in [-0.3, -0.25) is 9.59 Å². The fourth-order valence-corrected chi connectivity index (χ4v) is 4.08. The molecule has 12 heteroatoms. The molecule has 0 unspecified atom stereocenters. The van der Waals surface area contributed by atoms with Gasteiger partial charge in [0.15, 0.2) is 5.82 Å². The van der Waals surface area contributed by atoms with Crippen LogP contribution in [0.3, 0.4) is 0 Å². The number of halogens is 4. The van der Waals surface area contributed by atoms with Crippen molar-refractivity contribution in [3.8, 4) is 11.5 Å². The molecule has 2 amide bonds. The topological polar surface area (TPSA) is 102 Å². The van der Waals surface area contributed by atoms with E-state index in [2.05, 4.69) is 25.8 Å². The van der Waals surface area contributed by atoms with Gasteiger partial charge in [-0.05, 0) is 56.5 Å². The lowest BCUT2D eigenvalue weighted by Crippen LogP contribution is -2.24. The molecule has 36 heavy (non-hydrogen) atoms. The van der Waals surface area contributed by atoms with Gasteiger partial charge in [0.25, 0.3) is 5.91 Å². The number of amides is 2. The van der Waals surface area contributed by atoms with E-state index in [0.29, 0.717) is 11.3 Å². The number of aryl methyl sites for hydroxylation is 1. The van der Waals surface area contributed by atoms with Crippen LogP contribution < -0.4 is 10.6 Å². The van der Waals surface area contributed by atoms with E-state index in [9.17, 15) is 27.2 Å². The van der Waals surface area contributed by atoms with Crippen LogP contribution in [-0.2, 0) is 4.79 Å². The average Bonchev–Trinajstić information content (AvgIpc) is 3.52. The molecule has 1 fully saturated rings. The first-order valence-corrected chi connectivity index (χ1v) is 11.4. The number of aromatic nitrogens is 4. The van der Waals surface area contributed by atoms with E-state index in [-0.39, 0.29) is 34.7 Å². The molecule has 1 saturated carbocycles. The molecule has 0 spiro atoms. The maximum atomic E-state index is 14.7. The first-order chi connectivity index (χ1) is 17.0. The van der Waals surface area contributed by atoms with Gasteiger partial charge in [-0.2, -0.15) is 13.2 Å². The number of carbonyl (C=O) groups excluding carboxylic acids is 2. The summed E-state index contributed by atoms with van der Waals surface area (Å²) in [5, 5.41) is 12.5. The largest absolute Gasteiger partial charge is 0.408 e. The average molecular weight is 504 g/mol. The molecule has 2 aromatic heterocycles. The number of rotatable bonds is 6. The minimum atomic E-state index is -4.53. The highest BCUT2D eigenvalue weighted by atomic mass is 19.4. The van der Waals surface area contributed by atoms with Crippen LogP contribution in [-0.4, -0.2) is 37.7 Å². The Bertz CT molecular complexity index is 1280. The third kappa shape index (κ3) is 5.37. The van der Waals surface area contributed by atoms with Gasteiger partial charge >= 0.3 is 6.18 Å². The van der Waals surface area contributed by atoms with Crippen molar-refractivity contribution >= 4 is 23.3 Å². The van der Waals surface area contributed by atoms with E-state index in [1.807, 2.05) is 0 Å². The molecule has 2 heterocycles. The number of anilines is 2.